The van der Waals surface area contributed by atoms with Crippen LogP contribution in [0.2, 0.25) is 0 Å². The molecule has 0 saturated heterocycles. The van der Waals surface area contributed by atoms with Gasteiger partial charge >= 0.3 is 11.8 Å². The first-order valence-electron chi connectivity index (χ1n) is 7.95. The molecule has 0 radical (unpaired) electrons. The van der Waals surface area contributed by atoms with Crippen LogP contribution in [0, 0.1) is 0 Å². The lowest BCUT2D eigenvalue weighted by atomic mass is 10.1. The van der Waals surface area contributed by atoms with Crippen molar-refractivity contribution in [1.82, 2.24) is 5.43 Å². The fourth-order valence-corrected chi connectivity index (χ4v) is 2.56. The van der Waals surface area contributed by atoms with Crippen LogP contribution in [-0.4, -0.2) is 17.5 Å². The maximum atomic E-state index is 11.9. The van der Waals surface area contributed by atoms with Gasteiger partial charge in [-0.15, -0.1) is 0 Å². The van der Waals surface area contributed by atoms with Gasteiger partial charge in [0.15, 0.2) is 0 Å². The highest BCUT2D eigenvalue weighted by Crippen LogP contribution is 2.16. The van der Waals surface area contributed by atoms with Crippen molar-refractivity contribution in [1.29, 1.82) is 0 Å². The van der Waals surface area contributed by atoms with Crippen molar-refractivity contribution < 1.29 is 9.59 Å². The molecule has 2 N–H and O–H groups in total. The van der Waals surface area contributed by atoms with Crippen molar-refractivity contribution in [2.24, 2.45) is 5.10 Å². The Morgan fingerprint density at radius 3 is 2.41 bits per heavy atom. The van der Waals surface area contributed by atoms with E-state index in [9.17, 15) is 9.59 Å². The van der Waals surface area contributed by atoms with Crippen LogP contribution in [0.1, 0.15) is 51.0 Å². The van der Waals surface area contributed by atoms with Crippen molar-refractivity contribution in [3.63, 3.8) is 0 Å². The predicted molar refractivity (Wildman–Crippen MR) is 87.7 cm³/mol. The van der Waals surface area contributed by atoms with Crippen molar-refractivity contribution in [3.8, 4) is 0 Å². The van der Waals surface area contributed by atoms with Crippen molar-refractivity contribution >= 4 is 23.2 Å². The number of nitrogens with one attached hydrogen (secondary N) is 2. The number of carbonyl (C=O) groups is 2. The molecule has 0 atom stereocenters. The quantitative estimate of drug-likeness (QED) is 0.512. The summed E-state index contributed by atoms with van der Waals surface area (Å²) >= 11 is 0. The Bertz CT molecular complexity index is 557. The molecule has 2 rings (SSSR count). The third-order valence-corrected chi connectivity index (χ3v) is 3.85. The Morgan fingerprint density at radius 2 is 1.73 bits per heavy atom. The molecule has 0 bridgehead atoms. The Hall–Kier alpha value is -2.17. The highest BCUT2D eigenvalue weighted by Gasteiger charge is 2.15. The van der Waals surface area contributed by atoms with Crippen LogP contribution < -0.4 is 10.7 Å². The summed E-state index contributed by atoms with van der Waals surface area (Å²) in [5, 5.41) is 6.75. The van der Waals surface area contributed by atoms with Crippen LogP contribution in [0.4, 0.5) is 5.69 Å². The van der Waals surface area contributed by atoms with Crippen molar-refractivity contribution in [2.45, 2.75) is 51.9 Å². The number of aryl methyl sites for hydroxylation is 1. The monoisotopic (exact) mass is 301 g/mol. The number of carbonyl (C=O) groups excluding carboxylic acids is 2. The second-order valence-corrected chi connectivity index (χ2v) is 5.50. The van der Waals surface area contributed by atoms with Gasteiger partial charge in [0, 0.05) is 11.4 Å². The molecule has 0 aromatic heterocycles. The predicted octanol–water partition coefficient (Wildman–Crippen LogP) is 3.01. The summed E-state index contributed by atoms with van der Waals surface area (Å²) in [6.07, 6.45) is 7.22. The summed E-state index contributed by atoms with van der Waals surface area (Å²) in [5.74, 6) is -1.40. The van der Waals surface area contributed by atoms with E-state index in [1.165, 1.54) is 12.8 Å². The summed E-state index contributed by atoms with van der Waals surface area (Å²) in [4.78, 5) is 23.8. The average molecular weight is 301 g/mol. The number of hydrogen-bond acceptors (Lipinski definition) is 3. The standard InChI is InChI=1S/C17H23N3O2/c1-2-13-9-7-8-12-15(13)18-16(21)17(22)20-19-14-10-5-3-4-6-11-14/h7-9,12H,2-6,10-11H2,1H3,(H,18,21)(H,20,22). The molecule has 5 nitrogen and oxygen atoms in total. The minimum atomic E-state index is -0.720. The number of anilines is 1. The van der Waals surface area contributed by atoms with Gasteiger partial charge in [0.2, 0.25) is 0 Å². The molecule has 1 aromatic carbocycles. The topological polar surface area (TPSA) is 70.6 Å². The van der Waals surface area contributed by atoms with Gasteiger partial charge < -0.3 is 5.32 Å². The maximum absolute atomic E-state index is 11.9. The van der Waals surface area contributed by atoms with E-state index in [1.807, 2.05) is 25.1 Å². The van der Waals surface area contributed by atoms with E-state index >= 15 is 0 Å². The molecular weight excluding hydrogens is 278 g/mol. The van der Waals surface area contributed by atoms with Crippen LogP contribution in [0.3, 0.4) is 0 Å². The van der Waals surface area contributed by atoms with Crippen LogP contribution in [-0.2, 0) is 16.0 Å². The number of rotatable bonds is 3. The van der Waals surface area contributed by atoms with Gasteiger partial charge in [-0.2, -0.15) is 5.10 Å². The van der Waals surface area contributed by atoms with Gasteiger partial charge in [-0.05, 0) is 43.7 Å². The lowest BCUT2D eigenvalue weighted by Crippen LogP contribution is -2.33. The van der Waals surface area contributed by atoms with E-state index in [1.54, 1.807) is 6.07 Å². The molecular formula is C17H23N3O2. The fraction of sp³-hybridized carbons (Fsp3) is 0.471. The average Bonchev–Trinajstić information content (AvgIpc) is 2.81. The number of nitrogens with zero attached hydrogens (tertiary/aromatic N) is 1. The molecule has 0 heterocycles. The van der Waals surface area contributed by atoms with Crippen molar-refractivity contribution in [3.05, 3.63) is 29.8 Å². The Balaban J connectivity index is 1.91. The lowest BCUT2D eigenvalue weighted by molar-refractivity contribution is -0.136. The molecule has 0 aliphatic heterocycles. The first-order chi connectivity index (χ1) is 10.7. The van der Waals surface area contributed by atoms with Crippen LogP contribution in [0.5, 0.6) is 0 Å². The summed E-state index contributed by atoms with van der Waals surface area (Å²) in [7, 11) is 0. The van der Waals surface area contributed by atoms with Gasteiger partial charge in [-0.25, -0.2) is 5.43 Å². The highest BCUT2D eigenvalue weighted by molar-refractivity contribution is 6.39. The van der Waals surface area contributed by atoms with Gasteiger partial charge in [0.25, 0.3) is 0 Å². The second-order valence-electron chi connectivity index (χ2n) is 5.50. The molecule has 1 saturated carbocycles. The Morgan fingerprint density at radius 1 is 1.05 bits per heavy atom. The van der Waals surface area contributed by atoms with Gasteiger partial charge in [0.05, 0.1) is 0 Å². The number of para-hydroxylation sites is 1. The summed E-state index contributed by atoms with van der Waals surface area (Å²) < 4.78 is 0. The molecule has 0 spiro atoms. The number of amides is 2. The largest absolute Gasteiger partial charge is 0.329 e. The fourth-order valence-electron chi connectivity index (χ4n) is 2.56. The number of benzene rings is 1. The van der Waals surface area contributed by atoms with Crippen LogP contribution >= 0.6 is 0 Å². The van der Waals surface area contributed by atoms with E-state index in [-0.39, 0.29) is 0 Å². The highest BCUT2D eigenvalue weighted by atomic mass is 16.2. The van der Waals surface area contributed by atoms with Crippen LogP contribution in [0.15, 0.2) is 29.4 Å². The van der Waals surface area contributed by atoms with Crippen molar-refractivity contribution in [2.75, 3.05) is 5.32 Å². The Kier molecular flexibility index (Phi) is 6.13. The summed E-state index contributed by atoms with van der Waals surface area (Å²) in [6.45, 7) is 2.00. The third-order valence-electron chi connectivity index (χ3n) is 3.85. The number of hydrogen-bond donors (Lipinski definition) is 2. The normalized spacial score (nSPS) is 14.9. The lowest BCUT2D eigenvalue weighted by Gasteiger charge is -2.09. The number of hydrazone groups is 1. The van der Waals surface area contributed by atoms with E-state index in [4.69, 9.17) is 0 Å². The zero-order valence-electron chi connectivity index (χ0n) is 13.0. The van der Waals surface area contributed by atoms with Crippen LogP contribution in [0.25, 0.3) is 0 Å². The molecule has 1 aliphatic rings. The molecule has 1 fully saturated rings. The van der Waals surface area contributed by atoms with Gasteiger partial charge in [-0.3, -0.25) is 9.59 Å². The minimum Gasteiger partial charge on any atom is -0.317 e. The summed E-state index contributed by atoms with van der Waals surface area (Å²) in [5.41, 5.74) is 5.03. The zero-order valence-corrected chi connectivity index (χ0v) is 13.0. The van der Waals surface area contributed by atoms with E-state index in [2.05, 4.69) is 15.8 Å². The van der Waals surface area contributed by atoms with E-state index in [0.717, 1.165) is 43.4 Å². The molecule has 0 unspecified atom stereocenters. The second kappa shape index (κ2) is 8.32. The summed E-state index contributed by atoms with van der Waals surface area (Å²) in [6, 6.07) is 7.46. The maximum Gasteiger partial charge on any atom is 0.329 e. The minimum absolute atomic E-state index is 0.673. The van der Waals surface area contributed by atoms with Gasteiger partial charge in [0.1, 0.15) is 0 Å². The zero-order chi connectivity index (χ0) is 15.8. The first-order valence-corrected chi connectivity index (χ1v) is 7.95. The molecule has 1 aliphatic carbocycles. The first kappa shape index (κ1) is 16.2. The molecule has 1 aromatic rings. The smallest absolute Gasteiger partial charge is 0.317 e. The third kappa shape index (κ3) is 4.69. The Labute approximate surface area is 131 Å². The van der Waals surface area contributed by atoms with E-state index in [0.29, 0.717) is 5.69 Å². The molecule has 2 amide bonds. The SMILES string of the molecule is CCc1ccccc1NC(=O)C(=O)NN=C1CCCCCC1. The molecule has 22 heavy (non-hydrogen) atoms. The van der Waals surface area contributed by atoms with Gasteiger partial charge in [-0.1, -0.05) is 38.0 Å². The molecule has 5 heteroatoms. The molecule has 118 valence electrons. The van der Waals surface area contributed by atoms with E-state index < -0.39 is 11.8 Å².